The first-order valence-electron chi connectivity index (χ1n) is 11.4. The van der Waals surface area contributed by atoms with Crippen LogP contribution in [0.15, 0.2) is 48.5 Å². The first kappa shape index (κ1) is 22.1. The van der Waals surface area contributed by atoms with Crippen molar-refractivity contribution in [1.82, 2.24) is 19.7 Å². The molecule has 0 unspecified atom stereocenters. The predicted molar refractivity (Wildman–Crippen MR) is 128 cm³/mol. The van der Waals surface area contributed by atoms with Gasteiger partial charge in [0.15, 0.2) is 0 Å². The maximum Gasteiger partial charge on any atom is 0.255 e. The van der Waals surface area contributed by atoms with Gasteiger partial charge in [0.25, 0.3) is 5.91 Å². The molecule has 0 fully saturated rings. The molecule has 6 heteroatoms. The van der Waals surface area contributed by atoms with Gasteiger partial charge in [-0.3, -0.25) is 9.59 Å². The molecule has 0 spiro atoms. The largest absolute Gasteiger partial charge is 0.353 e. The Hall–Kier alpha value is -3.12. The molecule has 0 saturated carbocycles. The van der Waals surface area contributed by atoms with E-state index in [1.165, 1.54) is 0 Å². The first-order chi connectivity index (χ1) is 15.5. The van der Waals surface area contributed by atoms with Gasteiger partial charge in [0.1, 0.15) is 6.54 Å². The summed E-state index contributed by atoms with van der Waals surface area (Å²) in [5.74, 6) is -0.210. The fourth-order valence-corrected chi connectivity index (χ4v) is 4.84. The van der Waals surface area contributed by atoms with E-state index in [0.29, 0.717) is 12.1 Å². The monoisotopic (exact) mass is 432 g/mol. The SMILES string of the molecule is CCN(CC)CCNC(=O)CN1C(=O)c2ccccc2[C@@H]1c1c(C)n(C)c2ccccc12. The van der Waals surface area contributed by atoms with E-state index in [2.05, 4.69) is 47.7 Å². The lowest BCUT2D eigenvalue weighted by atomic mass is 9.95. The van der Waals surface area contributed by atoms with Gasteiger partial charge in [-0.25, -0.2) is 0 Å². The highest BCUT2D eigenvalue weighted by molar-refractivity contribution is 6.02. The fraction of sp³-hybridized carbons (Fsp3) is 0.385. The molecule has 0 bridgehead atoms. The number of carbonyl (C=O) groups is 2. The minimum absolute atomic E-state index is 0.0408. The number of aryl methyl sites for hydroxylation is 1. The maximum absolute atomic E-state index is 13.4. The highest BCUT2D eigenvalue weighted by Crippen LogP contribution is 2.43. The Bertz CT molecular complexity index is 1150. The van der Waals surface area contributed by atoms with Crippen LogP contribution in [0.25, 0.3) is 10.9 Å². The number of nitrogens with zero attached hydrogens (tertiary/aromatic N) is 3. The summed E-state index contributed by atoms with van der Waals surface area (Å²) in [7, 11) is 2.05. The minimum atomic E-state index is -0.279. The fourth-order valence-electron chi connectivity index (χ4n) is 4.84. The lowest BCUT2D eigenvalue weighted by Gasteiger charge is -2.26. The molecule has 1 atom stereocenters. The molecule has 3 aromatic rings. The summed E-state index contributed by atoms with van der Waals surface area (Å²) in [4.78, 5) is 30.2. The molecule has 1 aliphatic heterocycles. The van der Waals surface area contributed by atoms with Crippen LogP contribution in [-0.4, -0.2) is 58.9 Å². The molecule has 4 rings (SSSR count). The molecule has 1 N–H and O–H groups in total. The van der Waals surface area contributed by atoms with Gasteiger partial charge in [-0.1, -0.05) is 50.2 Å². The van der Waals surface area contributed by atoms with Crippen molar-refractivity contribution in [2.24, 2.45) is 7.05 Å². The number of rotatable bonds is 8. The molecular formula is C26H32N4O2. The van der Waals surface area contributed by atoms with Gasteiger partial charge in [0.05, 0.1) is 6.04 Å². The van der Waals surface area contributed by atoms with E-state index < -0.39 is 0 Å². The quantitative estimate of drug-likeness (QED) is 0.593. The summed E-state index contributed by atoms with van der Waals surface area (Å²) in [5.41, 5.74) is 4.97. The van der Waals surface area contributed by atoms with Gasteiger partial charge in [0, 0.05) is 47.9 Å². The van der Waals surface area contributed by atoms with E-state index in [4.69, 9.17) is 0 Å². The lowest BCUT2D eigenvalue weighted by Crippen LogP contribution is -2.42. The Morgan fingerprint density at radius 2 is 1.75 bits per heavy atom. The molecule has 2 heterocycles. The molecule has 2 amide bonds. The van der Waals surface area contributed by atoms with E-state index in [0.717, 1.165) is 47.4 Å². The number of likely N-dealkylation sites (N-methyl/N-ethyl adjacent to an activating group) is 1. The third-order valence-electron chi connectivity index (χ3n) is 6.74. The van der Waals surface area contributed by atoms with Crippen molar-refractivity contribution in [2.45, 2.75) is 26.8 Å². The molecule has 0 radical (unpaired) electrons. The number of benzene rings is 2. The molecule has 0 aliphatic carbocycles. The van der Waals surface area contributed by atoms with Crippen LogP contribution in [0.2, 0.25) is 0 Å². The average Bonchev–Trinajstić information content (AvgIpc) is 3.22. The number of hydrogen-bond acceptors (Lipinski definition) is 3. The molecule has 2 aromatic carbocycles. The minimum Gasteiger partial charge on any atom is -0.353 e. The number of carbonyl (C=O) groups excluding carboxylic acids is 2. The summed E-state index contributed by atoms with van der Waals surface area (Å²) in [6.45, 7) is 9.64. The Balaban J connectivity index is 1.66. The third-order valence-corrected chi connectivity index (χ3v) is 6.74. The van der Waals surface area contributed by atoms with Crippen molar-refractivity contribution in [1.29, 1.82) is 0 Å². The zero-order valence-electron chi connectivity index (χ0n) is 19.4. The van der Waals surface area contributed by atoms with Crippen LogP contribution in [-0.2, 0) is 11.8 Å². The number of hydrogen-bond donors (Lipinski definition) is 1. The summed E-state index contributed by atoms with van der Waals surface area (Å²) in [6.07, 6.45) is 0. The molecule has 1 aliphatic rings. The number of fused-ring (bicyclic) bond motifs is 2. The predicted octanol–water partition coefficient (Wildman–Crippen LogP) is 3.49. The highest BCUT2D eigenvalue weighted by atomic mass is 16.2. The molecule has 1 aromatic heterocycles. The first-order valence-corrected chi connectivity index (χ1v) is 11.4. The Labute approximate surface area is 189 Å². The van der Waals surface area contributed by atoms with Gasteiger partial charge in [-0.2, -0.15) is 0 Å². The Morgan fingerprint density at radius 1 is 1.06 bits per heavy atom. The van der Waals surface area contributed by atoms with Gasteiger partial charge >= 0.3 is 0 Å². The van der Waals surface area contributed by atoms with Gasteiger partial charge in [-0.05, 0) is 37.7 Å². The van der Waals surface area contributed by atoms with Crippen molar-refractivity contribution in [3.05, 3.63) is 70.9 Å². The lowest BCUT2D eigenvalue weighted by molar-refractivity contribution is -0.122. The number of nitrogens with one attached hydrogen (secondary N) is 1. The van der Waals surface area contributed by atoms with Crippen molar-refractivity contribution in [3.63, 3.8) is 0 Å². The van der Waals surface area contributed by atoms with Gasteiger partial charge in [0.2, 0.25) is 5.91 Å². The topological polar surface area (TPSA) is 57.6 Å². The van der Waals surface area contributed by atoms with Crippen LogP contribution < -0.4 is 5.32 Å². The molecule has 6 nitrogen and oxygen atoms in total. The summed E-state index contributed by atoms with van der Waals surface area (Å²) in [6, 6.07) is 15.7. The van der Waals surface area contributed by atoms with Crippen molar-refractivity contribution in [3.8, 4) is 0 Å². The number of para-hydroxylation sites is 1. The number of aromatic nitrogens is 1. The summed E-state index contributed by atoms with van der Waals surface area (Å²) < 4.78 is 2.17. The van der Waals surface area contributed by atoms with Gasteiger partial charge < -0.3 is 19.7 Å². The van der Waals surface area contributed by atoms with E-state index >= 15 is 0 Å². The van der Waals surface area contributed by atoms with E-state index in [1.54, 1.807) is 4.90 Å². The van der Waals surface area contributed by atoms with Crippen LogP contribution in [0.1, 0.15) is 47.1 Å². The van der Waals surface area contributed by atoms with Crippen molar-refractivity contribution in [2.75, 3.05) is 32.7 Å². The second kappa shape index (κ2) is 9.17. The zero-order chi connectivity index (χ0) is 22.8. The zero-order valence-corrected chi connectivity index (χ0v) is 19.4. The van der Waals surface area contributed by atoms with Crippen LogP contribution >= 0.6 is 0 Å². The average molecular weight is 433 g/mol. The summed E-state index contributed by atoms with van der Waals surface area (Å²) in [5, 5.41) is 4.12. The van der Waals surface area contributed by atoms with Crippen LogP contribution in [0.3, 0.4) is 0 Å². The summed E-state index contributed by atoms with van der Waals surface area (Å²) >= 11 is 0. The van der Waals surface area contributed by atoms with E-state index in [-0.39, 0.29) is 24.4 Å². The second-order valence-corrected chi connectivity index (χ2v) is 8.37. The third kappa shape index (κ3) is 3.79. The standard InChI is InChI=1S/C26H32N4O2/c1-5-29(6-2)16-15-27-23(31)17-30-25(19-11-7-8-12-20(19)26(30)32)24-18(3)28(4)22-14-10-9-13-21(22)24/h7-14,25H,5-6,15-17H2,1-4H3,(H,27,31)/t25-/m1/s1. The molecule has 168 valence electrons. The van der Waals surface area contributed by atoms with Crippen molar-refractivity contribution < 1.29 is 9.59 Å². The second-order valence-electron chi connectivity index (χ2n) is 8.37. The molecule has 0 saturated heterocycles. The van der Waals surface area contributed by atoms with Crippen molar-refractivity contribution >= 4 is 22.7 Å². The highest BCUT2D eigenvalue weighted by Gasteiger charge is 2.40. The van der Waals surface area contributed by atoms with E-state index in [9.17, 15) is 9.59 Å². The molecule has 32 heavy (non-hydrogen) atoms. The van der Waals surface area contributed by atoms with E-state index in [1.807, 2.05) is 43.4 Å². The van der Waals surface area contributed by atoms with Gasteiger partial charge in [-0.15, -0.1) is 0 Å². The Kier molecular flexibility index (Phi) is 6.33. The van der Waals surface area contributed by atoms with Crippen LogP contribution in [0.5, 0.6) is 0 Å². The normalized spacial score (nSPS) is 15.6. The van der Waals surface area contributed by atoms with Crippen LogP contribution in [0, 0.1) is 6.92 Å². The molecular weight excluding hydrogens is 400 g/mol. The smallest absolute Gasteiger partial charge is 0.255 e. The Morgan fingerprint density at radius 3 is 2.50 bits per heavy atom. The maximum atomic E-state index is 13.4. The van der Waals surface area contributed by atoms with Crippen LogP contribution in [0.4, 0.5) is 0 Å². The number of amides is 2.